The van der Waals surface area contributed by atoms with E-state index in [9.17, 15) is 16.1 Å². The van der Waals surface area contributed by atoms with Crippen molar-refractivity contribution in [1.29, 1.82) is 21.5 Å². The van der Waals surface area contributed by atoms with Crippen molar-refractivity contribution in [3.05, 3.63) is 136 Å². The molecule has 3 N–H and O–H groups in total. The van der Waals surface area contributed by atoms with Gasteiger partial charge in [0, 0.05) is 57.4 Å². The standard InChI is InChI=1S/C61H87N3O2S4.C23H29N.C2H6/c1-11-15-19-23-25-29-33-65-54-45-38-49(68-57(45)55(66-34-30-26-24-20-16-12-2)46-39-50(60(5,6)7)70-58(46)54)56-41(31-27-21-17-13-3)36-47(67-56)44-35-43(40-62)51(53(64)52(44)63)48-37-42(32-28-22-18-14-4)59(69-48)61(8,9)10;1-8-20(17(4)24)18-9-11-21(15(2)13-18)22-12-10-19(14-16(22)3)23(5,6)7;1-2/h35-37,39,49,63-64H,11-34,38H2,1-10H3;8-14,24H,1-7H3;1-2H3/b;20-8+,24-17?;. The van der Waals surface area contributed by atoms with Crippen molar-refractivity contribution in [2.24, 2.45) is 0 Å². The maximum absolute atomic E-state index is 10.8. The number of allylic oxidation sites excluding steroid dienone is 6. The lowest BCUT2D eigenvalue weighted by Crippen LogP contribution is -2.20. The fourth-order valence-electron chi connectivity index (χ4n) is 13.1. The van der Waals surface area contributed by atoms with Crippen molar-refractivity contribution in [2.75, 3.05) is 13.2 Å². The number of hydrogen-bond acceptors (Lipinski definition) is 10. The van der Waals surface area contributed by atoms with E-state index in [-0.39, 0.29) is 32.9 Å². The third kappa shape index (κ3) is 20.9. The Balaban J connectivity index is 0.000000468. The second kappa shape index (κ2) is 37.8. The molecular weight excluding hydrogens is 1250 g/mol. The fourth-order valence-corrected chi connectivity index (χ4v) is 18.6. The molecule has 4 heterocycles. The third-order valence-electron chi connectivity index (χ3n) is 18.6. The average molecular weight is 1370 g/mol. The Morgan fingerprint density at radius 2 is 1.14 bits per heavy atom. The van der Waals surface area contributed by atoms with Crippen molar-refractivity contribution in [2.45, 2.75) is 306 Å². The zero-order valence-electron chi connectivity index (χ0n) is 63.0. The molecule has 3 aromatic carbocycles. The highest BCUT2D eigenvalue weighted by Crippen LogP contribution is 2.60. The highest BCUT2D eigenvalue weighted by Gasteiger charge is 2.38. The SMILES string of the molecule is C/C=C(\C(C)=N)c1ccc(-c2ccc(C(C)(C)C)cc2C)c(C)c1.CC.CCCCCCCCOc1c2c(c(OCCCCCCCC)c3sc(C(C)(C)C)cc13)CC(c1sc(C3=CC(C#N)=C(c4cc(CCCCCC)c(C(C)(C)C)s4)C(=N)C3=N)cc1CCCCCC)S2. The molecule has 96 heavy (non-hydrogen) atoms. The lowest BCUT2D eigenvalue weighted by molar-refractivity contribution is 0.294. The lowest BCUT2D eigenvalue weighted by atomic mass is 9.84. The quantitative estimate of drug-likeness (QED) is 0.0222. The first-order valence-electron chi connectivity index (χ1n) is 37.1. The molecule has 0 saturated heterocycles. The molecule has 1 atom stereocenters. The van der Waals surface area contributed by atoms with Gasteiger partial charge in [0.05, 0.1) is 45.9 Å². The Kier molecular flexibility index (Phi) is 31.3. The van der Waals surface area contributed by atoms with E-state index >= 15 is 0 Å². The molecule has 6 nitrogen and oxygen atoms in total. The van der Waals surface area contributed by atoms with Crippen LogP contribution in [0.1, 0.15) is 315 Å². The van der Waals surface area contributed by atoms with Crippen molar-refractivity contribution in [3.8, 4) is 28.7 Å². The van der Waals surface area contributed by atoms with E-state index in [1.165, 1.54) is 177 Å². The fraction of sp³-hybridized carbons (Fsp3) is 0.558. The summed E-state index contributed by atoms with van der Waals surface area (Å²) in [4.78, 5) is 7.21. The molecule has 10 heteroatoms. The number of aryl methyl sites for hydroxylation is 4. The van der Waals surface area contributed by atoms with Gasteiger partial charge in [-0.2, -0.15) is 5.26 Å². The molecule has 3 aromatic heterocycles. The predicted molar refractivity (Wildman–Crippen MR) is 428 cm³/mol. The number of nitrogens with one attached hydrogen (secondary N) is 3. The van der Waals surface area contributed by atoms with Gasteiger partial charge in [0.25, 0.3) is 0 Å². The molecule has 1 aliphatic carbocycles. The number of thiophene rings is 3. The summed E-state index contributed by atoms with van der Waals surface area (Å²) in [7, 11) is 0. The van der Waals surface area contributed by atoms with Crippen molar-refractivity contribution >= 4 is 89.7 Å². The van der Waals surface area contributed by atoms with E-state index in [4.69, 9.17) is 14.9 Å². The molecular formula is C86H122N4O2S4. The van der Waals surface area contributed by atoms with Gasteiger partial charge in [-0.05, 0) is 163 Å². The Bertz CT molecular complexity index is 3650. The molecule has 0 saturated carbocycles. The molecule has 6 aromatic rings. The smallest absolute Gasteiger partial charge is 0.142 e. The van der Waals surface area contributed by atoms with E-state index in [0.717, 1.165) is 83.9 Å². The summed E-state index contributed by atoms with van der Waals surface area (Å²) >= 11 is 7.36. The molecule has 0 bridgehead atoms. The Morgan fingerprint density at radius 1 is 0.604 bits per heavy atom. The zero-order valence-corrected chi connectivity index (χ0v) is 66.3. The largest absolute Gasteiger partial charge is 0.492 e. The Hall–Kier alpha value is -5.31. The van der Waals surface area contributed by atoms with Gasteiger partial charge in [0.1, 0.15) is 11.5 Å². The highest BCUT2D eigenvalue weighted by atomic mass is 32.2. The van der Waals surface area contributed by atoms with Crippen LogP contribution in [0.5, 0.6) is 11.5 Å². The van der Waals surface area contributed by atoms with Crippen molar-refractivity contribution in [1.82, 2.24) is 0 Å². The molecule has 2 aliphatic rings. The van der Waals surface area contributed by atoms with Crippen molar-refractivity contribution < 1.29 is 9.47 Å². The van der Waals surface area contributed by atoms with Crippen LogP contribution >= 0.6 is 45.8 Å². The van der Waals surface area contributed by atoms with Gasteiger partial charge in [-0.3, -0.25) is 10.8 Å². The summed E-state index contributed by atoms with van der Waals surface area (Å²) < 4.78 is 15.3. The van der Waals surface area contributed by atoms with Gasteiger partial charge >= 0.3 is 0 Å². The molecule has 522 valence electrons. The summed E-state index contributed by atoms with van der Waals surface area (Å²) in [6.07, 6.45) is 31.0. The van der Waals surface area contributed by atoms with Crippen LogP contribution in [0.25, 0.3) is 37.9 Å². The van der Waals surface area contributed by atoms with E-state index in [1.54, 1.807) is 22.7 Å². The average Bonchev–Trinajstić information content (AvgIpc) is 1.57. The minimum atomic E-state index is -0.0485. The number of ether oxygens (including phenoxy) is 2. The number of thioether (sulfide) groups is 1. The van der Waals surface area contributed by atoms with Gasteiger partial charge in [-0.25, -0.2) is 0 Å². The van der Waals surface area contributed by atoms with Gasteiger partial charge < -0.3 is 14.9 Å². The van der Waals surface area contributed by atoms with Crippen LogP contribution in [0.3, 0.4) is 0 Å². The summed E-state index contributed by atoms with van der Waals surface area (Å²) in [5.74, 6) is 2.11. The minimum absolute atomic E-state index is 0.00610. The molecule has 8 rings (SSSR count). The number of hydrogen-bond donors (Lipinski definition) is 3. The normalized spacial score (nSPS) is 14.3. The summed E-state index contributed by atoms with van der Waals surface area (Å²) in [6.45, 7) is 43.2. The topological polar surface area (TPSA) is 114 Å². The first-order valence-corrected chi connectivity index (χ1v) is 40.4. The molecule has 0 radical (unpaired) electrons. The van der Waals surface area contributed by atoms with Crippen LogP contribution in [-0.2, 0) is 35.5 Å². The van der Waals surface area contributed by atoms with Crippen LogP contribution in [-0.4, -0.2) is 30.3 Å². The first-order chi connectivity index (χ1) is 45.8. The number of fused-ring (bicyclic) bond motifs is 2. The van der Waals surface area contributed by atoms with E-state index < -0.39 is 0 Å². The van der Waals surface area contributed by atoms with Gasteiger partial charge in [-0.1, -0.05) is 249 Å². The van der Waals surface area contributed by atoms with Crippen LogP contribution < -0.4 is 9.47 Å². The van der Waals surface area contributed by atoms with Gasteiger partial charge in [-0.15, -0.1) is 45.8 Å². The van der Waals surface area contributed by atoms with Gasteiger partial charge in [0.2, 0.25) is 0 Å². The second-order valence-electron chi connectivity index (χ2n) is 29.8. The zero-order chi connectivity index (χ0) is 70.5. The first kappa shape index (κ1) is 79.7. The summed E-state index contributed by atoms with van der Waals surface area (Å²) in [6, 6.07) is 22.8. The predicted octanol–water partition coefficient (Wildman–Crippen LogP) is 27.9. The molecule has 0 fully saturated rings. The number of nitriles is 1. The molecule has 1 unspecified atom stereocenters. The highest BCUT2D eigenvalue weighted by molar-refractivity contribution is 8.00. The second-order valence-corrected chi connectivity index (χ2v) is 34.2. The summed E-state index contributed by atoms with van der Waals surface area (Å²) in [5.41, 5.74) is 15.5. The van der Waals surface area contributed by atoms with Crippen LogP contribution in [0, 0.1) is 41.4 Å². The monoisotopic (exact) mass is 1370 g/mol. The van der Waals surface area contributed by atoms with Crippen LogP contribution in [0.15, 0.2) is 77.2 Å². The van der Waals surface area contributed by atoms with Crippen LogP contribution in [0.2, 0.25) is 0 Å². The Labute approximate surface area is 599 Å². The maximum atomic E-state index is 10.8. The van der Waals surface area contributed by atoms with E-state index in [0.29, 0.717) is 29.0 Å². The Morgan fingerprint density at radius 3 is 1.66 bits per heavy atom. The summed E-state index contributed by atoms with van der Waals surface area (Å²) in [5, 5.41) is 39.3. The number of unbranched alkanes of at least 4 members (excludes halogenated alkanes) is 16. The number of nitrogens with zero attached hydrogens (tertiary/aromatic N) is 1. The molecule has 0 spiro atoms. The van der Waals surface area contributed by atoms with Gasteiger partial charge in [0.15, 0.2) is 0 Å². The molecule has 0 amide bonds. The van der Waals surface area contributed by atoms with E-state index in [1.807, 2.05) is 62.9 Å². The maximum Gasteiger partial charge on any atom is 0.142 e. The van der Waals surface area contributed by atoms with Crippen molar-refractivity contribution in [3.63, 3.8) is 0 Å². The number of benzene rings is 3. The number of rotatable bonds is 32. The van der Waals surface area contributed by atoms with E-state index in [2.05, 4.69) is 165 Å². The third-order valence-corrected chi connectivity index (χ3v) is 24.6. The molecule has 1 aliphatic heterocycles. The minimum Gasteiger partial charge on any atom is -0.492 e. The van der Waals surface area contributed by atoms with Crippen LogP contribution in [0.4, 0.5) is 0 Å². The lowest BCUT2D eigenvalue weighted by Gasteiger charge is -2.21.